The fourth-order valence-corrected chi connectivity index (χ4v) is 3.90. The fraction of sp³-hybridized carbons (Fsp3) is 0.522. The Hall–Kier alpha value is -3.07. The lowest BCUT2D eigenvalue weighted by Gasteiger charge is -2.35. The Bertz CT molecular complexity index is 1120. The van der Waals surface area contributed by atoms with Crippen LogP contribution in [0, 0.1) is 13.8 Å². The summed E-state index contributed by atoms with van der Waals surface area (Å²) in [6.45, 7) is 15.3. The molecule has 3 aromatic heterocycles. The molecule has 0 radical (unpaired) electrons. The third kappa shape index (κ3) is 4.88. The highest BCUT2D eigenvalue weighted by atomic mass is 16.1. The van der Waals surface area contributed by atoms with Crippen molar-refractivity contribution < 1.29 is 0 Å². The first kappa shape index (κ1) is 22.1. The van der Waals surface area contributed by atoms with Crippen molar-refractivity contribution in [1.29, 1.82) is 0 Å². The van der Waals surface area contributed by atoms with Crippen LogP contribution in [0.15, 0.2) is 35.1 Å². The molecule has 0 N–H and O–H groups in total. The second-order valence-electron chi connectivity index (χ2n) is 9.45. The molecule has 0 aliphatic carbocycles. The molecule has 0 bridgehead atoms. The SMILES string of the molecule is Cc1cc(C)n(-c2ccc(=O)n(CCN3CCN(c4ccc(C(C)(C)C)nn4)CC3)n2)n1. The van der Waals surface area contributed by atoms with Crippen LogP contribution in [-0.4, -0.2) is 67.4 Å². The van der Waals surface area contributed by atoms with Gasteiger partial charge >= 0.3 is 0 Å². The van der Waals surface area contributed by atoms with Crippen molar-refractivity contribution in [3.63, 3.8) is 0 Å². The van der Waals surface area contributed by atoms with Crippen molar-refractivity contribution in [3.05, 3.63) is 57.8 Å². The molecule has 0 spiro atoms. The molecule has 32 heavy (non-hydrogen) atoms. The molecule has 0 saturated carbocycles. The van der Waals surface area contributed by atoms with Gasteiger partial charge in [-0.2, -0.15) is 10.2 Å². The van der Waals surface area contributed by atoms with E-state index in [4.69, 9.17) is 0 Å². The standard InChI is InChI=1S/C23H32N8O/c1-17-16-18(2)31(26-17)21-8-9-22(32)30(27-21)15-12-28-10-13-29(14-11-28)20-7-6-19(24-25-20)23(3,4)5/h6-9,16H,10-15H2,1-5H3. The maximum absolute atomic E-state index is 12.3. The Morgan fingerprint density at radius 3 is 2.19 bits per heavy atom. The average Bonchev–Trinajstić information content (AvgIpc) is 3.11. The predicted molar refractivity (Wildman–Crippen MR) is 124 cm³/mol. The Balaban J connectivity index is 1.35. The minimum absolute atomic E-state index is 0.00257. The van der Waals surface area contributed by atoms with Crippen LogP contribution < -0.4 is 10.5 Å². The molecule has 170 valence electrons. The van der Waals surface area contributed by atoms with Gasteiger partial charge in [-0.05, 0) is 38.1 Å². The minimum Gasteiger partial charge on any atom is -0.353 e. The quantitative estimate of drug-likeness (QED) is 0.604. The van der Waals surface area contributed by atoms with Crippen LogP contribution in [0.1, 0.15) is 37.9 Å². The first-order chi connectivity index (χ1) is 15.2. The number of aryl methyl sites for hydroxylation is 2. The molecule has 4 heterocycles. The van der Waals surface area contributed by atoms with E-state index in [1.807, 2.05) is 19.9 Å². The van der Waals surface area contributed by atoms with Gasteiger partial charge in [0, 0.05) is 49.9 Å². The van der Waals surface area contributed by atoms with Gasteiger partial charge in [-0.1, -0.05) is 20.8 Å². The zero-order valence-electron chi connectivity index (χ0n) is 19.6. The maximum atomic E-state index is 12.3. The predicted octanol–water partition coefficient (Wildman–Crippen LogP) is 1.96. The lowest BCUT2D eigenvalue weighted by Crippen LogP contribution is -2.48. The highest BCUT2D eigenvalue weighted by molar-refractivity contribution is 5.38. The van der Waals surface area contributed by atoms with Gasteiger partial charge in [0.05, 0.1) is 17.9 Å². The lowest BCUT2D eigenvalue weighted by atomic mass is 9.92. The number of hydrogen-bond donors (Lipinski definition) is 0. The molecular weight excluding hydrogens is 404 g/mol. The molecule has 0 unspecified atom stereocenters. The number of anilines is 1. The Labute approximate surface area is 188 Å². The lowest BCUT2D eigenvalue weighted by molar-refractivity contribution is 0.242. The van der Waals surface area contributed by atoms with E-state index < -0.39 is 0 Å². The van der Waals surface area contributed by atoms with Crippen molar-refractivity contribution in [2.24, 2.45) is 0 Å². The van der Waals surface area contributed by atoms with Crippen molar-refractivity contribution in [2.45, 2.75) is 46.6 Å². The van der Waals surface area contributed by atoms with Crippen molar-refractivity contribution in [1.82, 2.24) is 34.7 Å². The molecule has 3 aromatic rings. The summed E-state index contributed by atoms with van der Waals surface area (Å²) < 4.78 is 3.31. The van der Waals surface area contributed by atoms with Gasteiger partial charge in [-0.25, -0.2) is 9.36 Å². The third-order valence-electron chi connectivity index (χ3n) is 5.82. The van der Waals surface area contributed by atoms with Gasteiger partial charge in [0.1, 0.15) is 0 Å². The van der Waals surface area contributed by atoms with Crippen LogP contribution in [0.3, 0.4) is 0 Å². The van der Waals surface area contributed by atoms with Gasteiger partial charge in [-0.3, -0.25) is 9.69 Å². The van der Waals surface area contributed by atoms with Crippen LogP contribution >= 0.6 is 0 Å². The average molecular weight is 437 g/mol. The van der Waals surface area contributed by atoms with E-state index in [0.29, 0.717) is 12.4 Å². The fourth-order valence-electron chi connectivity index (χ4n) is 3.90. The highest BCUT2D eigenvalue weighted by Crippen LogP contribution is 2.21. The molecule has 1 aliphatic rings. The number of aromatic nitrogens is 6. The van der Waals surface area contributed by atoms with Crippen molar-refractivity contribution in [3.8, 4) is 5.82 Å². The molecule has 0 aromatic carbocycles. The second-order valence-corrected chi connectivity index (χ2v) is 9.45. The van der Waals surface area contributed by atoms with E-state index in [1.165, 1.54) is 4.68 Å². The molecule has 0 atom stereocenters. The first-order valence-corrected chi connectivity index (χ1v) is 11.1. The highest BCUT2D eigenvalue weighted by Gasteiger charge is 2.20. The molecule has 9 nitrogen and oxygen atoms in total. The van der Waals surface area contributed by atoms with Gasteiger partial charge in [0.2, 0.25) is 0 Å². The Kier molecular flexibility index (Phi) is 6.10. The number of nitrogens with zero attached hydrogens (tertiary/aromatic N) is 8. The van der Waals surface area contributed by atoms with Crippen molar-refractivity contribution >= 4 is 5.82 Å². The summed E-state index contributed by atoms with van der Waals surface area (Å²) in [7, 11) is 0. The summed E-state index contributed by atoms with van der Waals surface area (Å²) in [6.07, 6.45) is 0. The van der Waals surface area contributed by atoms with Crippen LogP contribution in [-0.2, 0) is 12.0 Å². The molecular formula is C23H32N8O. The van der Waals surface area contributed by atoms with Gasteiger partial charge < -0.3 is 4.90 Å². The van der Waals surface area contributed by atoms with Crippen molar-refractivity contribution in [2.75, 3.05) is 37.6 Å². The number of piperazine rings is 1. The summed E-state index contributed by atoms with van der Waals surface area (Å²) in [6, 6.07) is 9.43. The molecule has 4 rings (SSSR count). The smallest absolute Gasteiger partial charge is 0.266 e. The number of rotatable bonds is 5. The van der Waals surface area contributed by atoms with E-state index in [-0.39, 0.29) is 11.0 Å². The zero-order valence-corrected chi connectivity index (χ0v) is 19.6. The molecule has 9 heteroatoms. The van der Waals surface area contributed by atoms with Gasteiger partial charge in [0.25, 0.3) is 5.56 Å². The minimum atomic E-state index is -0.0943. The first-order valence-electron chi connectivity index (χ1n) is 11.1. The van der Waals surface area contributed by atoms with E-state index in [0.717, 1.165) is 55.6 Å². The van der Waals surface area contributed by atoms with Crippen LogP contribution in [0.4, 0.5) is 5.82 Å². The summed E-state index contributed by atoms with van der Waals surface area (Å²) >= 11 is 0. The summed E-state index contributed by atoms with van der Waals surface area (Å²) in [5.74, 6) is 1.59. The molecule has 0 amide bonds. The third-order valence-corrected chi connectivity index (χ3v) is 5.82. The van der Waals surface area contributed by atoms with Gasteiger partial charge in [-0.15, -0.1) is 10.2 Å². The van der Waals surface area contributed by atoms with Crippen LogP contribution in [0.5, 0.6) is 0 Å². The van der Waals surface area contributed by atoms with E-state index in [1.54, 1.807) is 16.8 Å². The zero-order chi connectivity index (χ0) is 22.9. The second kappa shape index (κ2) is 8.82. The summed E-state index contributed by atoms with van der Waals surface area (Å²) in [5, 5.41) is 17.9. The number of hydrogen-bond acceptors (Lipinski definition) is 7. The monoisotopic (exact) mass is 436 g/mol. The Morgan fingerprint density at radius 1 is 0.875 bits per heavy atom. The van der Waals surface area contributed by atoms with E-state index in [2.05, 4.69) is 63.1 Å². The normalized spacial score (nSPS) is 15.3. The Morgan fingerprint density at radius 2 is 1.59 bits per heavy atom. The van der Waals surface area contributed by atoms with E-state index >= 15 is 0 Å². The van der Waals surface area contributed by atoms with Gasteiger partial charge in [0.15, 0.2) is 11.6 Å². The summed E-state index contributed by atoms with van der Waals surface area (Å²) in [4.78, 5) is 17.0. The molecule has 1 saturated heterocycles. The van der Waals surface area contributed by atoms with E-state index in [9.17, 15) is 4.79 Å². The molecule has 1 fully saturated rings. The topological polar surface area (TPSA) is 85.0 Å². The van der Waals surface area contributed by atoms with Crippen LogP contribution in [0.2, 0.25) is 0 Å². The molecule has 1 aliphatic heterocycles. The maximum Gasteiger partial charge on any atom is 0.266 e. The van der Waals surface area contributed by atoms with Crippen LogP contribution in [0.25, 0.3) is 5.82 Å². The largest absolute Gasteiger partial charge is 0.353 e. The summed E-state index contributed by atoms with van der Waals surface area (Å²) in [5.41, 5.74) is 2.83.